The molecule has 0 fully saturated rings. The van der Waals surface area contributed by atoms with Crippen LogP contribution in [0, 0.1) is 0 Å². The number of amides is 1. The van der Waals surface area contributed by atoms with E-state index in [1.807, 2.05) is 29.7 Å². The maximum Gasteiger partial charge on any atom is 0.252 e. The Morgan fingerprint density at radius 3 is 2.57 bits per heavy atom. The van der Waals surface area contributed by atoms with E-state index in [1.54, 1.807) is 25.1 Å². The molecule has 1 heterocycles. The molecule has 0 aliphatic carbocycles. The lowest BCUT2D eigenvalue weighted by Crippen LogP contribution is -2.17. The molecule has 3 aromatic rings. The molecule has 0 radical (unpaired) electrons. The fourth-order valence-electron chi connectivity index (χ4n) is 3.00. The van der Waals surface area contributed by atoms with E-state index in [0.29, 0.717) is 23.5 Å². The maximum absolute atomic E-state index is 12.6. The molecule has 1 aromatic heterocycles. The molecule has 0 spiro atoms. The van der Waals surface area contributed by atoms with Crippen molar-refractivity contribution in [1.82, 2.24) is 4.57 Å². The highest BCUT2D eigenvalue weighted by Crippen LogP contribution is 2.23. The third-order valence-corrected chi connectivity index (χ3v) is 7.31. The van der Waals surface area contributed by atoms with E-state index in [9.17, 15) is 13.2 Å². The van der Waals surface area contributed by atoms with E-state index in [2.05, 4.69) is 11.6 Å². The Balaban J connectivity index is 1.90. The zero-order valence-corrected chi connectivity index (χ0v) is 18.6. The summed E-state index contributed by atoms with van der Waals surface area (Å²) < 4.78 is 32.3. The molecule has 0 saturated carbocycles. The largest absolute Gasteiger partial charge is 0.494 e. The molecule has 2 aromatic carbocycles. The van der Waals surface area contributed by atoms with Gasteiger partial charge in [0, 0.05) is 6.54 Å². The number of fused-ring (bicyclic) bond motifs is 1. The number of rotatable bonds is 8. The number of hydrogen-bond acceptors (Lipinski definition) is 5. The molecule has 0 aliphatic heterocycles. The van der Waals surface area contributed by atoms with Crippen molar-refractivity contribution in [2.24, 2.45) is 4.99 Å². The van der Waals surface area contributed by atoms with Gasteiger partial charge >= 0.3 is 0 Å². The molecular formula is C22H24N2O4S2. The molecule has 3 rings (SSSR count). The highest BCUT2D eigenvalue weighted by molar-refractivity contribution is 7.91. The van der Waals surface area contributed by atoms with Crippen LogP contribution in [0.2, 0.25) is 0 Å². The quantitative estimate of drug-likeness (QED) is 0.496. The Hall–Kier alpha value is -2.71. The molecule has 30 heavy (non-hydrogen) atoms. The summed E-state index contributed by atoms with van der Waals surface area (Å²) in [4.78, 5) is 17.7. The molecule has 0 atom stereocenters. The van der Waals surface area contributed by atoms with Crippen LogP contribution in [0.3, 0.4) is 0 Å². The van der Waals surface area contributed by atoms with Crippen LogP contribution < -0.4 is 9.54 Å². The minimum absolute atomic E-state index is 0.0425. The van der Waals surface area contributed by atoms with Gasteiger partial charge < -0.3 is 9.30 Å². The fourth-order valence-corrected chi connectivity index (χ4v) is 4.97. The first-order valence-corrected chi connectivity index (χ1v) is 12.1. The lowest BCUT2D eigenvalue weighted by Gasteiger charge is -2.04. The number of nitrogens with zero attached hydrogens (tertiary/aromatic N) is 2. The molecule has 158 valence electrons. The number of carbonyl (C=O) groups excluding carboxylic acids is 1. The van der Waals surface area contributed by atoms with Crippen molar-refractivity contribution >= 4 is 37.3 Å². The van der Waals surface area contributed by atoms with Gasteiger partial charge in [-0.15, -0.1) is 6.58 Å². The van der Waals surface area contributed by atoms with Gasteiger partial charge in [0.05, 0.1) is 33.9 Å². The van der Waals surface area contributed by atoms with E-state index in [4.69, 9.17) is 4.74 Å². The standard InChI is InChI=1S/C22H24N2O4S2/c1-4-13-24-19-12-9-17(28-5-2)15-20(19)29-22(24)23-21(25)14-16-7-10-18(11-8-16)30(26,27)6-3/h4,7-12,15H,1,5-6,13-14H2,2-3H3. The number of carbonyl (C=O) groups is 1. The Labute approximate surface area is 180 Å². The first-order valence-electron chi connectivity index (χ1n) is 9.64. The lowest BCUT2D eigenvalue weighted by molar-refractivity contribution is -0.117. The van der Waals surface area contributed by atoms with Crippen molar-refractivity contribution in [2.45, 2.75) is 31.7 Å². The first-order chi connectivity index (χ1) is 14.4. The highest BCUT2D eigenvalue weighted by atomic mass is 32.2. The SMILES string of the molecule is C=CCn1c(=NC(=O)Cc2ccc(S(=O)(=O)CC)cc2)sc2cc(OCC)ccc21. The average Bonchev–Trinajstić information content (AvgIpc) is 3.05. The van der Waals surface area contributed by atoms with Crippen molar-refractivity contribution in [3.05, 3.63) is 65.5 Å². The summed E-state index contributed by atoms with van der Waals surface area (Å²) in [7, 11) is -3.26. The Bertz CT molecular complexity index is 1240. The van der Waals surface area contributed by atoms with Gasteiger partial charge in [0.2, 0.25) is 0 Å². The minimum atomic E-state index is -3.26. The van der Waals surface area contributed by atoms with E-state index in [-0.39, 0.29) is 23.0 Å². The summed E-state index contributed by atoms with van der Waals surface area (Å²) in [5.41, 5.74) is 1.68. The Morgan fingerprint density at radius 2 is 1.93 bits per heavy atom. The van der Waals surface area contributed by atoms with Crippen molar-refractivity contribution in [1.29, 1.82) is 0 Å². The number of benzene rings is 2. The number of sulfone groups is 1. The molecule has 0 unspecified atom stereocenters. The van der Waals surface area contributed by atoms with Crippen LogP contribution in [0.1, 0.15) is 19.4 Å². The van der Waals surface area contributed by atoms with Crippen LogP contribution in [0.4, 0.5) is 0 Å². The predicted molar refractivity (Wildman–Crippen MR) is 120 cm³/mol. The van der Waals surface area contributed by atoms with Crippen LogP contribution in [0.5, 0.6) is 5.75 Å². The molecule has 0 bridgehead atoms. The zero-order valence-electron chi connectivity index (χ0n) is 17.0. The molecule has 1 amide bonds. The number of ether oxygens (including phenoxy) is 1. The van der Waals surface area contributed by atoms with Gasteiger partial charge in [0.15, 0.2) is 14.6 Å². The fraction of sp³-hybridized carbons (Fsp3) is 0.273. The maximum atomic E-state index is 12.6. The number of hydrogen-bond donors (Lipinski definition) is 0. The summed E-state index contributed by atoms with van der Waals surface area (Å²) in [6.07, 6.45) is 1.86. The van der Waals surface area contributed by atoms with Crippen molar-refractivity contribution in [3.63, 3.8) is 0 Å². The normalized spacial score (nSPS) is 12.3. The predicted octanol–water partition coefficient (Wildman–Crippen LogP) is 3.75. The summed E-state index contributed by atoms with van der Waals surface area (Å²) in [5.74, 6) is 0.522. The van der Waals surface area contributed by atoms with Crippen LogP contribution >= 0.6 is 11.3 Å². The number of allylic oxidation sites excluding steroid dienone is 1. The van der Waals surface area contributed by atoms with Gasteiger partial charge in [-0.1, -0.05) is 36.5 Å². The van der Waals surface area contributed by atoms with Gasteiger partial charge in [-0.3, -0.25) is 4.79 Å². The Kier molecular flexibility index (Phi) is 6.89. The summed E-state index contributed by atoms with van der Waals surface area (Å²) in [6.45, 7) is 8.44. The van der Waals surface area contributed by atoms with Gasteiger partial charge in [0.25, 0.3) is 5.91 Å². The van der Waals surface area contributed by atoms with Crippen molar-refractivity contribution in [2.75, 3.05) is 12.4 Å². The topological polar surface area (TPSA) is 77.7 Å². The van der Waals surface area contributed by atoms with Crippen molar-refractivity contribution < 1.29 is 17.9 Å². The van der Waals surface area contributed by atoms with Crippen LogP contribution in [-0.2, 0) is 27.6 Å². The number of thiazole rings is 1. The second-order valence-electron chi connectivity index (χ2n) is 6.58. The first kappa shape index (κ1) is 22.0. The van der Waals surface area contributed by atoms with Crippen LogP contribution in [0.25, 0.3) is 10.2 Å². The monoisotopic (exact) mass is 444 g/mol. The molecule has 0 N–H and O–H groups in total. The Morgan fingerprint density at radius 1 is 1.20 bits per heavy atom. The highest BCUT2D eigenvalue weighted by Gasteiger charge is 2.12. The van der Waals surface area contributed by atoms with E-state index < -0.39 is 9.84 Å². The average molecular weight is 445 g/mol. The van der Waals surface area contributed by atoms with E-state index in [0.717, 1.165) is 16.0 Å². The molecule has 0 aliphatic rings. The van der Waals surface area contributed by atoms with Gasteiger partial charge in [-0.25, -0.2) is 8.42 Å². The smallest absolute Gasteiger partial charge is 0.252 e. The number of aromatic nitrogens is 1. The lowest BCUT2D eigenvalue weighted by atomic mass is 10.1. The molecule has 8 heteroatoms. The zero-order chi connectivity index (χ0) is 21.7. The molecular weight excluding hydrogens is 420 g/mol. The van der Waals surface area contributed by atoms with Gasteiger partial charge in [-0.05, 0) is 42.8 Å². The van der Waals surface area contributed by atoms with Crippen molar-refractivity contribution in [3.8, 4) is 5.75 Å². The third-order valence-electron chi connectivity index (χ3n) is 4.52. The molecule has 0 saturated heterocycles. The summed E-state index contributed by atoms with van der Waals surface area (Å²) >= 11 is 1.42. The van der Waals surface area contributed by atoms with Crippen LogP contribution in [0.15, 0.2) is 65.0 Å². The summed E-state index contributed by atoms with van der Waals surface area (Å²) in [5, 5.41) is 0. The second-order valence-corrected chi connectivity index (χ2v) is 9.86. The van der Waals surface area contributed by atoms with Gasteiger partial charge in [-0.2, -0.15) is 4.99 Å². The third kappa shape index (κ3) is 4.88. The minimum Gasteiger partial charge on any atom is -0.494 e. The van der Waals surface area contributed by atoms with Crippen LogP contribution in [-0.4, -0.2) is 31.3 Å². The van der Waals surface area contributed by atoms with E-state index >= 15 is 0 Å². The van der Waals surface area contributed by atoms with Gasteiger partial charge in [0.1, 0.15) is 5.75 Å². The second kappa shape index (κ2) is 9.40. The summed E-state index contributed by atoms with van der Waals surface area (Å²) in [6, 6.07) is 12.2. The molecule has 6 nitrogen and oxygen atoms in total. The van der Waals surface area contributed by atoms with E-state index in [1.165, 1.54) is 23.5 Å².